The van der Waals surface area contributed by atoms with E-state index in [2.05, 4.69) is 84.9 Å². The highest BCUT2D eigenvalue weighted by atomic mass is 15.1. The van der Waals surface area contributed by atoms with Crippen LogP contribution in [0.15, 0.2) is 114 Å². The molecule has 0 atom stereocenters. The lowest BCUT2D eigenvalue weighted by Gasteiger charge is -2.03. The van der Waals surface area contributed by atoms with E-state index in [-0.39, 0.29) is 0 Å². The molecule has 0 aliphatic carbocycles. The molecule has 3 nitrogen and oxygen atoms in total. The molecular formula is C28H19N3. The normalized spacial score (nSPS) is 11.7. The molecule has 146 valence electrons. The van der Waals surface area contributed by atoms with Gasteiger partial charge in [0.05, 0.1) is 0 Å². The molecule has 0 radical (unpaired) electrons. The minimum atomic E-state index is 0.832. The Morgan fingerprint density at radius 2 is 1.32 bits per heavy atom. The number of rotatable bonds is 3. The topological polar surface area (TPSA) is 29.7 Å². The minimum Gasteiger partial charge on any atom is -0.284 e. The zero-order chi connectivity index (χ0) is 20.6. The molecule has 2 aromatic heterocycles. The molecule has 0 aliphatic heterocycles. The molecule has 0 aliphatic rings. The van der Waals surface area contributed by atoms with E-state index in [0.29, 0.717) is 0 Å². The molecule has 31 heavy (non-hydrogen) atoms. The molecule has 0 fully saturated rings. The second-order valence-electron chi connectivity index (χ2n) is 7.64. The highest BCUT2D eigenvalue weighted by Crippen LogP contribution is 2.33. The van der Waals surface area contributed by atoms with Gasteiger partial charge in [0.15, 0.2) is 5.82 Å². The maximum atomic E-state index is 4.90. The predicted molar refractivity (Wildman–Crippen MR) is 129 cm³/mol. The van der Waals surface area contributed by atoms with Crippen LogP contribution in [0.3, 0.4) is 0 Å². The Bertz CT molecular complexity index is 1590. The third-order valence-electron chi connectivity index (χ3n) is 5.64. The van der Waals surface area contributed by atoms with Crippen LogP contribution in [0.5, 0.6) is 0 Å². The summed E-state index contributed by atoms with van der Waals surface area (Å²) in [7, 11) is 0. The third kappa shape index (κ3) is 3.17. The van der Waals surface area contributed by atoms with E-state index in [0.717, 1.165) is 28.3 Å². The van der Waals surface area contributed by atoms with Crippen LogP contribution in [-0.4, -0.2) is 15.6 Å². The van der Waals surface area contributed by atoms with Crippen LogP contribution < -0.4 is 0 Å². The Kier molecular flexibility index (Phi) is 4.10. The van der Waals surface area contributed by atoms with Crippen molar-refractivity contribution in [1.82, 2.24) is 9.38 Å². The molecule has 2 heterocycles. The minimum absolute atomic E-state index is 0.832. The van der Waals surface area contributed by atoms with E-state index in [1.54, 1.807) is 0 Å². The zero-order valence-corrected chi connectivity index (χ0v) is 16.8. The first-order valence-corrected chi connectivity index (χ1v) is 10.3. The number of imidazole rings is 1. The molecule has 4 aromatic carbocycles. The predicted octanol–water partition coefficient (Wildman–Crippen LogP) is 7.06. The van der Waals surface area contributed by atoms with Gasteiger partial charge in [-0.1, -0.05) is 78.9 Å². The van der Waals surface area contributed by atoms with Gasteiger partial charge in [0.1, 0.15) is 11.3 Å². The van der Waals surface area contributed by atoms with Gasteiger partial charge in [0, 0.05) is 18.0 Å². The largest absolute Gasteiger partial charge is 0.284 e. The molecule has 0 bridgehead atoms. The van der Waals surface area contributed by atoms with E-state index >= 15 is 0 Å². The van der Waals surface area contributed by atoms with E-state index < -0.39 is 0 Å². The first-order valence-electron chi connectivity index (χ1n) is 10.3. The fourth-order valence-electron chi connectivity index (χ4n) is 4.06. The number of nitrogens with zero attached hydrogens (tertiary/aromatic N) is 3. The smallest absolute Gasteiger partial charge is 0.165 e. The van der Waals surface area contributed by atoms with Gasteiger partial charge >= 0.3 is 0 Å². The molecule has 6 aromatic rings. The van der Waals surface area contributed by atoms with Gasteiger partial charge in [0.25, 0.3) is 0 Å². The van der Waals surface area contributed by atoms with Crippen molar-refractivity contribution in [3.05, 3.63) is 115 Å². The number of hydrogen-bond donors (Lipinski definition) is 0. The van der Waals surface area contributed by atoms with Crippen molar-refractivity contribution in [2.24, 2.45) is 4.99 Å². The molecule has 0 saturated heterocycles. The second-order valence-corrected chi connectivity index (χ2v) is 7.64. The Morgan fingerprint density at radius 1 is 0.645 bits per heavy atom. The van der Waals surface area contributed by atoms with E-state index in [9.17, 15) is 0 Å². The molecule has 6 rings (SSSR count). The standard InChI is InChI=1S/C28H19N3/c1-3-9-23-17-20(12-13-21(23)7-1)19-29-28-27(30-26-11-5-6-16-31(26)28)25-15-14-22-8-2-4-10-24(22)18-25/h1-19H/b29-19+. The van der Waals surface area contributed by atoms with Crippen LogP contribution in [0.1, 0.15) is 5.56 Å². The summed E-state index contributed by atoms with van der Waals surface area (Å²) in [6, 6.07) is 35.6. The Morgan fingerprint density at radius 3 is 2.13 bits per heavy atom. The van der Waals surface area contributed by atoms with Crippen LogP contribution in [0.4, 0.5) is 5.82 Å². The van der Waals surface area contributed by atoms with Crippen molar-refractivity contribution >= 4 is 39.2 Å². The van der Waals surface area contributed by atoms with Crippen molar-refractivity contribution in [3.63, 3.8) is 0 Å². The lowest BCUT2D eigenvalue weighted by molar-refractivity contribution is 1.17. The molecule has 0 N–H and O–H groups in total. The average molecular weight is 397 g/mol. The van der Waals surface area contributed by atoms with Crippen molar-refractivity contribution in [2.45, 2.75) is 0 Å². The van der Waals surface area contributed by atoms with Crippen LogP contribution in [0.25, 0.3) is 38.4 Å². The van der Waals surface area contributed by atoms with E-state index in [1.807, 2.05) is 35.0 Å². The summed E-state index contributed by atoms with van der Waals surface area (Å²) < 4.78 is 2.04. The monoisotopic (exact) mass is 397 g/mol. The second kappa shape index (κ2) is 7.22. The first-order chi connectivity index (χ1) is 15.3. The molecule has 3 heteroatoms. The number of pyridine rings is 1. The van der Waals surface area contributed by atoms with Gasteiger partial charge < -0.3 is 0 Å². The summed E-state index contributed by atoms with van der Waals surface area (Å²) in [6.07, 6.45) is 3.94. The number of benzene rings is 4. The summed E-state index contributed by atoms with van der Waals surface area (Å²) in [5, 5.41) is 4.85. The quantitative estimate of drug-likeness (QED) is 0.294. The van der Waals surface area contributed by atoms with Gasteiger partial charge in [0.2, 0.25) is 0 Å². The summed E-state index contributed by atoms with van der Waals surface area (Å²) >= 11 is 0. The van der Waals surface area contributed by atoms with Crippen molar-refractivity contribution < 1.29 is 0 Å². The fourth-order valence-corrected chi connectivity index (χ4v) is 4.06. The summed E-state index contributed by atoms with van der Waals surface area (Å²) in [6.45, 7) is 0. The number of aliphatic imine (C=N–C) groups is 1. The maximum absolute atomic E-state index is 4.90. The maximum Gasteiger partial charge on any atom is 0.165 e. The average Bonchev–Trinajstić information content (AvgIpc) is 3.21. The highest BCUT2D eigenvalue weighted by molar-refractivity contribution is 5.93. The van der Waals surface area contributed by atoms with E-state index in [1.165, 1.54) is 21.5 Å². The Hall–Kier alpha value is -4.24. The van der Waals surface area contributed by atoms with Crippen molar-refractivity contribution in [3.8, 4) is 11.3 Å². The number of hydrogen-bond acceptors (Lipinski definition) is 2. The molecular weight excluding hydrogens is 378 g/mol. The van der Waals surface area contributed by atoms with Crippen molar-refractivity contribution in [2.75, 3.05) is 0 Å². The molecule has 0 spiro atoms. The van der Waals surface area contributed by atoms with Gasteiger partial charge in [-0.2, -0.15) is 0 Å². The lowest BCUT2D eigenvalue weighted by Crippen LogP contribution is -1.86. The SMILES string of the molecule is C(=N\c1c(-c2ccc3ccccc3c2)nc2ccccn12)/c1ccc2ccccc2c1. The van der Waals surface area contributed by atoms with Crippen LogP contribution in [0, 0.1) is 0 Å². The molecule has 0 amide bonds. The zero-order valence-electron chi connectivity index (χ0n) is 16.8. The molecule has 0 unspecified atom stereocenters. The summed E-state index contributed by atoms with van der Waals surface area (Å²) in [5.74, 6) is 0.832. The van der Waals surface area contributed by atoms with Gasteiger partial charge in [-0.15, -0.1) is 0 Å². The Labute approximate surface area is 180 Å². The van der Waals surface area contributed by atoms with Gasteiger partial charge in [-0.25, -0.2) is 9.98 Å². The van der Waals surface area contributed by atoms with Crippen LogP contribution in [0.2, 0.25) is 0 Å². The highest BCUT2D eigenvalue weighted by Gasteiger charge is 2.13. The first kappa shape index (κ1) is 17.6. The van der Waals surface area contributed by atoms with Gasteiger partial charge in [-0.3, -0.25) is 4.40 Å². The lowest BCUT2D eigenvalue weighted by atomic mass is 10.1. The van der Waals surface area contributed by atoms with Crippen molar-refractivity contribution in [1.29, 1.82) is 0 Å². The van der Waals surface area contributed by atoms with Gasteiger partial charge in [-0.05, 0) is 51.4 Å². The summed E-state index contributed by atoms with van der Waals surface area (Å²) in [4.78, 5) is 9.80. The van der Waals surface area contributed by atoms with E-state index in [4.69, 9.17) is 9.98 Å². The number of aromatic nitrogens is 2. The third-order valence-corrected chi connectivity index (χ3v) is 5.64. The van der Waals surface area contributed by atoms with Crippen LogP contribution >= 0.6 is 0 Å². The fraction of sp³-hybridized carbons (Fsp3) is 0. The number of fused-ring (bicyclic) bond motifs is 3. The molecule has 0 saturated carbocycles. The Balaban J connectivity index is 1.50. The summed E-state index contributed by atoms with van der Waals surface area (Å²) in [5.41, 5.74) is 3.90. The van der Waals surface area contributed by atoms with Crippen LogP contribution in [-0.2, 0) is 0 Å².